The van der Waals surface area contributed by atoms with Crippen LogP contribution in [0.2, 0.25) is 0 Å². The van der Waals surface area contributed by atoms with Crippen molar-refractivity contribution in [1.29, 1.82) is 0 Å². The maximum atomic E-state index is 12.3. The second-order valence-corrected chi connectivity index (χ2v) is 5.27. The van der Waals surface area contributed by atoms with Gasteiger partial charge in [0, 0.05) is 24.8 Å². The number of amides is 2. The van der Waals surface area contributed by atoms with Gasteiger partial charge >= 0.3 is 11.8 Å². The molecule has 0 saturated carbocycles. The standard InChI is InChI=1S/C18H28N2O4/c1-5-11-20(12-6-2)18(22)17(21)19-14-9-10-15(23-7-3)16(13-14)24-8-4/h9-10,13H,5-8,11-12H2,1-4H3,(H,19,21). The van der Waals surface area contributed by atoms with E-state index in [-0.39, 0.29) is 0 Å². The summed E-state index contributed by atoms with van der Waals surface area (Å²) in [4.78, 5) is 26.1. The van der Waals surface area contributed by atoms with Crippen molar-refractivity contribution in [2.24, 2.45) is 0 Å². The van der Waals surface area contributed by atoms with E-state index >= 15 is 0 Å². The zero-order valence-electron chi connectivity index (χ0n) is 15.1. The summed E-state index contributed by atoms with van der Waals surface area (Å²) in [5, 5.41) is 2.64. The van der Waals surface area contributed by atoms with Crippen LogP contribution in [0.5, 0.6) is 11.5 Å². The van der Waals surface area contributed by atoms with Crippen LogP contribution >= 0.6 is 0 Å². The molecule has 2 amide bonds. The van der Waals surface area contributed by atoms with Gasteiger partial charge in [-0.2, -0.15) is 0 Å². The number of carbonyl (C=O) groups is 2. The highest BCUT2D eigenvalue weighted by Gasteiger charge is 2.21. The first-order valence-corrected chi connectivity index (χ1v) is 8.57. The molecule has 0 atom stereocenters. The van der Waals surface area contributed by atoms with Gasteiger partial charge in [-0.15, -0.1) is 0 Å². The Bertz CT molecular complexity index is 540. The van der Waals surface area contributed by atoms with Gasteiger partial charge in [0.05, 0.1) is 13.2 Å². The summed E-state index contributed by atoms with van der Waals surface area (Å²) in [7, 11) is 0. The van der Waals surface area contributed by atoms with Crippen molar-refractivity contribution in [1.82, 2.24) is 4.90 Å². The quantitative estimate of drug-likeness (QED) is 0.704. The van der Waals surface area contributed by atoms with Crippen molar-refractivity contribution in [3.8, 4) is 11.5 Å². The lowest BCUT2D eigenvalue weighted by Gasteiger charge is -2.20. The Balaban J connectivity index is 2.85. The van der Waals surface area contributed by atoms with E-state index in [0.29, 0.717) is 43.5 Å². The number of nitrogens with one attached hydrogen (secondary N) is 1. The third-order valence-corrected chi connectivity index (χ3v) is 3.27. The van der Waals surface area contributed by atoms with Crippen LogP contribution < -0.4 is 14.8 Å². The maximum absolute atomic E-state index is 12.3. The number of anilines is 1. The Morgan fingerprint density at radius 1 is 0.958 bits per heavy atom. The summed E-state index contributed by atoms with van der Waals surface area (Å²) in [6.45, 7) is 9.88. The molecule has 1 rings (SSSR count). The van der Waals surface area contributed by atoms with E-state index in [9.17, 15) is 9.59 Å². The predicted octanol–water partition coefficient (Wildman–Crippen LogP) is 3.07. The fourth-order valence-corrected chi connectivity index (χ4v) is 2.31. The average Bonchev–Trinajstić information content (AvgIpc) is 2.56. The third-order valence-electron chi connectivity index (χ3n) is 3.27. The molecule has 0 unspecified atom stereocenters. The molecular formula is C18H28N2O4. The number of carbonyl (C=O) groups excluding carboxylic acids is 2. The first-order chi connectivity index (χ1) is 11.6. The molecule has 0 aromatic heterocycles. The molecule has 0 aliphatic heterocycles. The molecule has 0 heterocycles. The van der Waals surface area contributed by atoms with Crippen LogP contribution in [0.3, 0.4) is 0 Å². The molecule has 1 aromatic carbocycles. The van der Waals surface area contributed by atoms with Crippen LogP contribution in [0.1, 0.15) is 40.5 Å². The molecule has 6 nitrogen and oxygen atoms in total. The summed E-state index contributed by atoms with van der Waals surface area (Å²) in [5.74, 6) is 0.0138. The lowest BCUT2D eigenvalue weighted by atomic mass is 10.2. The molecule has 24 heavy (non-hydrogen) atoms. The van der Waals surface area contributed by atoms with Crippen LogP contribution in [0.25, 0.3) is 0 Å². The van der Waals surface area contributed by atoms with Gasteiger partial charge in [0.25, 0.3) is 0 Å². The molecule has 0 saturated heterocycles. The molecule has 0 spiro atoms. The summed E-state index contributed by atoms with van der Waals surface area (Å²) in [5.41, 5.74) is 0.508. The molecular weight excluding hydrogens is 308 g/mol. The molecule has 0 aliphatic rings. The highest BCUT2D eigenvalue weighted by atomic mass is 16.5. The molecule has 0 aliphatic carbocycles. The second kappa shape index (κ2) is 10.5. The van der Waals surface area contributed by atoms with Crippen molar-refractivity contribution >= 4 is 17.5 Å². The summed E-state index contributed by atoms with van der Waals surface area (Å²) in [6, 6.07) is 5.09. The Morgan fingerprint density at radius 3 is 2.08 bits per heavy atom. The van der Waals surface area contributed by atoms with Crippen LogP contribution in [0.15, 0.2) is 18.2 Å². The van der Waals surface area contributed by atoms with E-state index in [1.54, 1.807) is 23.1 Å². The molecule has 0 bridgehead atoms. The van der Waals surface area contributed by atoms with E-state index < -0.39 is 11.8 Å². The molecule has 1 aromatic rings. The predicted molar refractivity (Wildman–Crippen MR) is 94.6 cm³/mol. The van der Waals surface area contributed by atoms with Crippen LogP contribution in [-0.4, -0.2) is 43.0 Å². The summed E-state index contributed by atoms with van der Waals surface area (Å²) < 4.78 is 11.0. The molecule has 1 N–H and O–H groups in total. The zero-order valence-corrected chi connectivity index (χ0v) is 15.1. The zero-order chi connectivity index (χ0) is 17.9. The Hall–Kier alpha value is -2.24. The molecule has 0 radical (unpaired) electrons. The average molecular weight is 336 g/mol. The number of hydrogen-bond donors (Lipinski definition) is 1. The number of nitrogens with zero attached hydrogens (tertiary/aromatic N) is 1. The Kier molecular flexibility index (Phi) is 8.68. The monoisotopic (exact) mass is 336 g/mol. The van der Waals surface area contributed by atoms with Crippen molar-refractivity contribution < 1.29 is 19.1 Å². The highest BCUT2D eigenvalue weighted by Crippen LogP contribution is 2.30. The lowest BCUT2D eigenvalue weighted by molar-refractivity contribution is -0.143. The van der Waals surface area contributed by atoms with Gasteiger partial charge in [0.2, 0.25) is 0 Å². The van der Waals surface area contributed by atoms with Crippen molar-refractivity contribution in [3.63, 3.8) is 0 Å². The normalized spacial score (nSPS) is 10.2. The van der Waals surface area contributed by atoms with Crippen molar-refractivity contribution in [3.05, 3.63) is 18.2 Å². The van der Waals surface area contributed by atoms with Gasteiger partial charge < -0.3 is 19.7 Å². The van der Waals surface area contributed by atoms with Gasteiger partial charge in [-0.1, -0.05) is 13.8 Å². The van der Waals surface area contributed by atoms with Gasteiger partial charge in [-0.05, 0) is 38.8 Å². The van der Waals surface area contributed by atoms with Crippen molar-refractivity contribution in [2.75, 3.05) is 31.6 Å². The van der Waals surface area contributed by atoms with E-state index in [0.717, 1.165) is 12.8 Å². The van der Waals surface area contributed by atoms with E-state index in [1.165, 1.54) is 0 Å². The largest absolute Gasteiger partial charge is 0.490 e. The van der Waals surface area contributed by atoms with Crippen LogP contribution in [0, 0.1) is 0 Å². The minimum absolute atomic E-state index is 0.483. The maximum Gasteiger partial charge on any atom is 0.313 e. The van der Waals surface area contributed by atoms with Crippen molar-refractivity contribution in [2.45, 2.75) is 40.5 Å². The minimum Gasteiger partial charge on any atom is -0.490 e. The number of ether oxygens (including phenoxy) is 2. The SMILES string of the molecule is CCCN(CCC)C(=O)C(=O)Nc1ccc(OCC)c(OCC)c1. The van der Waals surface area contributed by atoms with E-state index in [4.69, 9.17) is 9.47 Å². The van der Waals surface area contributed by atoms with Crippen LogP contribution in [0.4, 0.5) is 5.69 Å². The fraction of sp³-hybridized carbons (Fsp3) is 0.556. The Labute approximate surface area is 144 Å². The molecule has 134 valence electrons. The van der Waals surface area contributed by atoms with E-state index in [2.05, 4.69) is 5.32 Å². The topological polar surface area (TPSA) is 67.9 Å². The first-order valence-electron chi connectivity index (χ1n) is 8.57. The van der Waals surface area contributed by atoms with Crippen LogP contribution in [-0.2, 0) is 9.59 Å². The molecule has 6 heteroatoms. The number of hydrogen-bond acceptors (Lipinski definition) is 4. The van der Waals surface area contributed by atoms with Gasteiger partial charge in [-0.3, -0.25) is 9.59 Å². The number of rotatable bonds is 9. The van der Waals surface area contributed by atoms with Gasteiger partial charge in [-0.25, -0.2) is 0 Å². The Morgan fingerprint density at radius 2 is 1.54 bits per heavy atom. The highest BCUT2D eigenvalue weighted by molar-refractivity contribution is 6.39. The van der Waals surface area contributed by atoms with Gasteiger partial charge in [0.1, 0.15) is 0 Å². The number of benzene rings is 1. The smallest absolute Gasteiger partial charge is 0.313 e. The summed E-state index contributed by atoms with van der Waals surface area (Å²) >= 11 is 0. The van der Waals surface area contributed by atoms with E-state index in [1.807, 2.05) is 27.7 Å². The third kappa shape index (κ3) is 5.76. The van der Waals surface area contributed by atoms with Gasteiger partial charge in [0.15, 0.2) is 11.5 Å². The lowest BCUT2D eigenvalue weighted by Crippen LogP contribution is -2.40. The second-order valence-electron chi connectivity index (χ2n) is 5.27. The first kappa shape index (κ1) is 19.8. The fourth-order valence-electron chi connectivity index (χ4n) is 2.31. The molecule has 0 fully saturated rings. The summed E-state index contributed by atoms with van der Waals surface area (Å²) in [6.07, 6.45) is 1.63. The minimum atomic E-state index is -0.636.